The molecule has 1 saturated heterocycles. The Kier molecular flexibility index (Phi) is 5.54. The number of anilines is 1. The van der Waals surface area contributed by atoms with Crippen LogP contribution in [0.4, 0.5) is 10.5 Å². The summed E-state index contributed by atoms with van der Waals surface area (Å²) in [6, 6.07) is 13.9. The highest BCUT2D eigenvalue weighted by molar-refractivity contribution is 6.39. The van der Waals surface area contributed by atoms with Gasteiger partial charge in [-0.3, -0.25) is 14.9 Å². The summed E-state index contributed by atoms with van der Waals surface area (Å²) in [7, 11) is 1.44. The van der Waals surface area contributed by atoms with Crippen molar-refractivity contribution in [1.82, 2.24) is 5.32 Å². The normalized spacial score (nSPS) is 15.4. The molecule has 1 aliphatic rings. The summed E-state index contributed by atoms with van der Waals surface area (Å²) >= 11 is 12.1. The molecule has 0 saturated carbocycles. The van der Waals surface area contributed by atoms with E-state index in [1.54, 1.807) is 30.3 Å². The summed E-state index contributed by atoms with van der Waals surface area (Å²) in [6.07, 6.45) is 1.27. The quantitative estimate of drug-likeness (QED) is 0.444. The number of urea groups is 1. The SMILES string of the molecule is COc1ccc(N2C(=O)NC(=O)/C(=C/c3ccc(-c4cccc(Cl)c4)o3)C2=O)cc1Cl. The monoisotopic (exact) mass is 456 g/mol. The minimum atomic E-state index is -0.882. The predicted molar refractivity (Wildman–Crippen MR) is 116 cm³/mol. The minimum absolute atomic E-state index is 0.186. The molecule has 4 amide bonds. The number of barbiturate groups is 1. The molecular weight excluding hydrogens is 443 g/mol. The highest BCUT2D eigenvalue weighted by Crippen LogP contribution is 2.31. The van der Waals surface area contributed by atoms with E-state index < -0.39 is 17.8 Å². The van der Waals surface area contributed by atoms with Gasteiger partial charge in [-0.25, -0.2) is 9.69 Å². The molecule has 156 valence electrons. The van der Waals surface area contributed by atoms with E-state index in [2.05, 4.69) is 5.32 Å². The van der Waals surface area contributed by atoms with Crippen LogP contribution in [0.1, 0.15) is 5.76 Å². The molecule has 31 heavy (non-hydrogen) atoms. The molecule has 1 aromatic heterocycles. The number of benzene rings is 2. The van der Waals surface area contributed by atoms with Gasteiger partial charge in [0, 0.05) is 10.6 Å². The molecule has 4 rings (SSSR count). The van der Waals surface area contributed by atoms with Gasteiger partial charge in [0.1, 0.15) is 22.8 Å². The first-order valence-corrected chi connectivity index (χ1v) is 9.74. The lowest BCUT2D eigenvalue weighted by atomic mass is 10.1. The second kappa shape index (κ2) is 8.29. The number of halogens is 2. The Morgan fingerprint density at radius 1 is 1.03 bits per heavy atom. The van der Waals surface area contributed by atoms with Crippen LogP contribution in [0.25, 0.3) is 17.4 Å². The summed E-state index contributed by atoms with van der Waals surface area (Å²) in [5.41, 5.74) is 0.658. The average molecular weight is 457 g/mol. The molecule has 9 heteroatoms. The number of nitrogens with zero attached hydrogens (tertiary/aromatic N) is 1. The first-order chi connectivity index (χ1) is 14.9. The number of hydrogen-bond acceptors (Lipinski definition) is 5. The van der Waals surface area contributed by atoms with Gasteiger partial charge in [0.05, 0.1) is 17.8 Å². The van der Waals surface area contributed by atoms with Crippen molar-refractivity contribution in [2.45, 2.75) is 0 Å². The molecule has 0 radical (unpaired) electrons. The van der Waals surface area contributed by atoms with E-state index in [1.165, 1.54) is 31.4 Å². The van der Waals surface area contributed by atoms with E-state index in [9.17, 15) is 14.4 Å². The van der Waals surface area contributed by atoms with Crippen LogP contribution in [0.2, 0.25) is 10.0 Å². The molecule has 1 N–H and O–H groups in total. The number of nitrogens with one attached hydrogen (secondary N) is 1. The van der Waals surface area contributed by atoms with Crippen molar-refractivity contribution in [1.29, 1.82) is 0 Å². The topological polar surface area (TPSA) is 88.8 Å². The number of carbonyl (C=O) groups excluding carboxylic acids is 3. The number of carbonyl (C=O) groups is 3. The Hall–Kier alpha value is -3.55. The van der Waals surface area contributed by atoms with E-state index in [0.717, 1.165) is 10.5 Å². The van der Waals surface area contributed by atoms with Crippen molar-refractivity contribution in [3.05, 3.63) is 76.0 Å². The maximum atomic E-state index is 13.0. The third-order valence-electron chi connectivity index (χ3n) is 4.52. The molecule has 0 spiro atoms. The second-order valence-corrected chi connectivity index (χ2v) is 7.33. The highest BCUT2D eigenvalue weighted by atomic mass is 35.5. The summed E-state index contributed by atoms with van der Waals surface area (Å²) in [5.74, 6) is -0.489. The third-order valence-corrected chi connectivity index (χ3v) is 5.05. The zero-order valence-electron chi connectivity index (χ0n) is 16.0. The van der Waals surface area contributed by atoms with E-state index in [1.807, 2.05) is 6.07 Å². The maximum Gasteiger partial charge on any atom is 0.335 e. The van der Waals surface area contributed by atoms with Gasteiger partial charge in [-0.05, 0) is 48.5 Å². The van der Waals surface area contributed by atoms with Gasteiger partial charge in [-0.1, -0.05) is 35.3 Å². The Labute approximate surface area is 186 Å². The van der Waals surface area contributed by atoms with Gasteiger partial charge in [-0.15, -0.1) is 0 Å². The molecule has 0 aliphatic carbocycles. The van der Waals surface area contributed by atoms with Crippen molar-refractivity contribution in [2.24, 2.45) is 0 Å². The Morgan fingerprint density at radius 3 is 2.55 bits per heavy atom. The van der Waals surface area contributed by atoms with Gasteiger partial charge in [0.2, 0.25) is 0 Å². The molecule has 1 fully saturated rings. The Balaban J connectivity index is 1.67. The lowest BCUT2D eigenvalue weighted by Gasteiger charge is -2.26. The van der Waals surface area contributed by atoms with Crippen LogP contribution in [0.15, 0.2) is 64.6 Å². The van der Waals surface area contributed by atoms with E-state index in [-0.39, 0.29) is 22.0 Å². The maximum absolute atomic E-state index is 13.0. The lowest BCUT2D eigenvalue weighted by molar-refractivity contribution is -0.122. The van der Waals surface area contributed by atoms with Gasteiger partial charge >= 0.3 is 6.03 Å². The Bertz CT molecular complexity index is 1250. The van der Waals surface area contributed by atoms with Crippen LogP contribution >= 0.6 is 23.2 Å². The van der Waals surface area contributed by atoms with Crippen molar-refractivity contribution in [3.63, 3.8) is 0 Å². The smallest absolute Gasteiger partial charge is 0.335 e. The van der Waals surface area contributed by atoms with Gasteiger partial charge in [0.15, 0.2) is 0 Å². The van der Waals surface area contributed by atoms with Crippen molar-refractivity contribution in [3.8, 4) is 17.1 Å². The number of ether oxygens (including phenoxy) is 1. The third kappa shape index (κ3) is 4.05. The van der Waals surface area contributed by atoms with Crippen molar-refractivity contribution in [2.75, 3.05) is 12.0 Å². The molecule has 3 aromatic rings. The van der Waals surface area contributed by atoms with Crippen LogP contribution in [-0.2, 0) is 9.59 Å². The van der Waals surface area contributed by atoms with E-state index in [0.29, 0.717) is 16.5 Å². The highest BCUT2D eigenvalue weighted by Gasteiger charge is 2.37. The lowest BCUT2D eigenvalue weighted by Crippen LogP contribution is -2.54. The molecule has 2 heterocycles. The van der Waals surface area contributed by atoms with E-state index >= 15 is 0 Å². The number of imide groups is 2. The van der Waals surface area contributed by atoms with Gasteiger partial charge < -0.3 is 9.15 Å². The Morgan fingerprint density at radius 2 is 1.84 bits per heavy atom. The van der Waals surface area contributed by atoms with Crippen molar-refractivity contribution >= 4 is 52.8 Å². The molecular formula is C22H14Cl2N2O5. The van der Waals surface area contributed by atoms with Crippen molar-refractivity contribution < 1.29 is 23.5 Å². The molecule has 0 unspecified atom stereocenters. The fourth-order valence-electron chi connectivity index (χ4n) is 3.06. The van der Waals surface area contributed by atoms with Crippen LogP contribution in [0.5, 0.6) is 5.75 Å². The number of amides is 4. The van der Waals surface area contributed by atoms with Gasteiger partial charge in [-0.2, -0.15) is 0 Å². The van der Waals surface area contributed by atoms with Gasteiger partial charge in [0.25, 0.3) is 11.8 Å². The second-order valence-electron chi connectivity index (χ2n) is 6.49. The number of hydrogen-bond donors (Lipinski definition) is 1. The summed E-state index contributed by atoms with van der Waals surface area (Å²) in [4.78, 5) is 38.5. The summed E-state index contributed by atoms with van der Waals surface area (Å²) < 4.78 is 10.8. The first kappa shape index (κ1) is 20.7. The zero-order valence-corrected chi connectivity index (χ0v) is 17.5. The summed E-state index contributed by atoms with van der Waals surface area (Å²) in [6.45, 7) is 0. The fraction of sp³-hybridized carbons (Fsp3) is 0.0455. The fourth-order valence-corrected chi connectivity index (χ4v) is 3.50. The number of furan rings is 1. The summed E-state index contributed by atoms with van der Waals surface area (Å²) in [5, 5.41) is 2.90. The zero-order chi connectivity index (χ0) is 22.1. The van der Waals surface area contributed by atoms with Crippen LogP contribution in [-0.4, -0.2) is 25.0 Å². The average Bonchev–Trinajstić information content (AvgIpc) is 3.20. The standard InChI is InChI=1S/C22H14Cl2N2O5/c1-30-19-7-5-14(10-17(19)24)26-21(28)16(20(27)25-22(26)29)11-15-6-8-18(31-15)12-3-2-4-13(23)9-12/h2-11H,1H3,(H,25,27,29)/b16-11-. The van der Waals surface area contributed by atoms with E-state index in [4.69, 9.17) is 32.4 Å². The number of methoxy groups -OCH3 is 1. The molecule has 1 aliphatic heterocycles. The molecule has 0 atom stereocenters. The number of rotatable bonds is 4. The predicted octanol–water partition coefficient (Wildman–Crippen LogP) is 4.93. The molecule has 7 nitrogen and oxygen atoms in total. The first-order valence-electron chi connectivity index (χ1n) is 8.98. The van der Waals surface area contributed by atoms with Crippen LogP contribution in [0, 0.1) is 0 Å². The molecule has 0 bridgehead atoms. The molecule has 2 aromatic carbocycles. The van der Waals surface area contributed by atoms with Crippen LogP contribution < -0.4 is 15.0 Å². The van der Waals surface area contributed by atoms with Crippen LogP contribution in [0.3, 0.4) is 0 Å². The largest absolute Gasteiger partial charge is 0.495 e. The minimum Gasteiger partial charge on any atom is -0.495 e.